The van der Waals surface area contributed by atoms with Crippen LogP contribution in [0.4, 0.5) is 5.69 Å². The number of para-hydroxylation sites is 1. The van der Waals surface area contributed by atoms with Crippen molar-refractivity contribution in [3.63, 3.8) is 0 Å². The second kappa shape index (κ2) is 8.46. The molecule has 3 rings (SSSR count). The molecular formula is C20H21N3O4. The van der Waals surface area contributed by atoms with E-state index in [1.807, 2.05) is 30.3 Å². The summed E-state index contributed by atoms with van der Waals surface area (Å²) in [6.45, 7) is 1.01. The summed E-state index contributed by atoms with van der Waals surface area (Å²) in [5.74, 6) is -1.89. The summed E-state index contributed by atoms with van der Waals surface area (Å²) in [6.07, 6.45) is -0.281. The first-order valence-electron chi connectivity index (χ1n) is 8.67. The summed E-state index contributed by atoms with van der Waals surface area (Å²) in [6, 6.07) is 16.3. The Balaban J connectivity index is 1.67. The summed E-state index contributed by atoms with van der Waals surface area (Å²) >= 11 is 0. The molecule has 140 valence electrons. The standard InChI is InChI=1S/C20H21N3O4/c21-18(24)12-15-8-4-5-9-16(15)22-19(25)20(26)23-10-11-27-17(13-23)14-6-2-1-3-7-14/h1-9,17H,10-13H2,(H2,21,24)(H,22,25). The number of rotatable bonds is 4. The van der Waals surface area contributed by atoms with Gasteiger partial charge in [0.1, 0.15) is 6.10 Å². The number of nitrogens with one attached hydrogen (secondary N) is 1. The van der Waals surface area contributed by atoms with E-state index in [4.69, 9.17) is 10.5 Å². The molecule has 1 heterocycles. The highest BCUT2D eigenvalue weighted by Gasteiger charge is 2.29. The smallest absolute Gasteiger partial charge is 0.313 e. The minimum atomic E-state index is -0.749. The number of carbonyl (C=O) groups excluding carboxylic acids is 3. The van der Waals surface area contributed by atoms with Gasteiger partial charge in [-0.15, -0.1) is 0 Å². The highest BCUT2D eigenvalue weighted by Crippen LogP contribution is 2.22. The SMILES string of the molecule is NC(=O)Cc1ccccc1NC(=O)C(=O)N1CCOC(c2ccccc2)C1. The van der Waals surface area contributed by atoms with Crippen LogP contribution in [0.2, 0.25) is 0 Å². The monoisotopic (exact) mass is 367 g/mol. The van der Waals surface area contributed by atoms with Gasteiger partial charge in [-0.05, 0) is 17.2 Å². The van der Waals surface area contributed by atoms with E-state index in [9.17, 15) is 14.4 Å². The normalized spacial score (nSPS) is 16.6. The van der Waals surface area contributed by atoms with Gasteiger partial charge in [0.05, 0.1) is 19.6 Å². The molecule has 0 saturated carbocycles. The highest BCUT2D eigenvalue weighted by atomic mass is 16.5. The van der Waals surface area contributed by atoms with Crippen LogP contribution in [-0.2, 0) is 25.5 Å². The maximum absolute atomic E-state index is 12.6. The molecule has 1 unspecified atom stereocenters. The number of benzene rings is 2. The Morgan fingerprint density at radius 1 is 1.07 bits per heavy atom. The molecule has 1 aliphatic rings. The van der Waals surface area contributed by atoms with Crippen LogP contribution in [-0.4, -0.2) is 42.3 Å². The van der Waals surface area contributed by atoms with E-state index in [0.29, 0.717) is 30.9 Å². The lowest BCUT2D eigenvalue weighted by Crippen LogP contribution is -2.47. The Hall–Kier alpha value is -3.19. The van der Waals surface area contributed by atoms with Crippen molar-refractivity contribution in [3.8, 4) is 0 Å². The summed E-state index contributed by atoms with van der Waals surface area (Å²) in [4.78, 5) is 37.7. The van der Waals surface area contributed by atoms with E-state index in [1.165, 1.54) is 4.90 Å². The predicted octanol–water partition coefficient (Wildman–Crippen LogP) is 1.25. The highest BCUT2D eigenvalue weighted by molar-refractivity contribution is 6.39. The second-order valence-corrected chi connectivity index (χ2v) is 6.28. The molecule has 1 fully saturated rings. The molecule has 7 heteroatoms. The zero-order valence-corrected chi connectivity index (χ0v) is 14.8. The Kier molecular flexibility index (Phi) is 5.83. The molecule has 3 amide bonds. The number of hydrogen-bond acceptors (Lipinski definition) is 4. The Morgan fingerprint density at radius 3 is 2.52 bits per heavy atom. The molecule has 7 nitrogen and oxygen atoms in total. The lowest BCUT2D eigenvalue weighted by molar-refractivity contribution is -0.148. The van der Waals surface area contributed by atoms with Crippen molar-refractivity contribution in [2.45, 2.75) is 12.5 Å². The molecule has 1 atom stereocenters. The first kappa shape index (κ1) is 18.6. The van der Waals surface area contributed by atoms with E-state index >= 15 is 0 Å². The largest absolute Gasteiger partial charge is 0.370 e. The van der Waals surface area contributed by atoms with Gasteiger partial charge in [-0.2, -0.15) is 0 Å². The van der Waals surface area contributed by atoms with Crippen LogP contribution in [0.15, 0.2) is 54.6 Å². The van der Waals surface area contributed by atoms with Crippen LogP contribution >= 0.6 is 0 Å². The van der Waals surface area contributed by atoms with Gasteiger partial charge in [-0.3, -0.25) is 14.4 Å². The minimum absolute atomic E-state index is 0.0156. The third kappa shape index (κ3) is 4.71. The van der Waals surface area contributed by atoms with Crippen molar-refractivity contribution < 1.29 is 19.1 Å². The van der Waals surface area contributed by atoms with Crippen molar-refractivity contribution >= 4 is 23.4 Å². The summed E-state index contributed by atoms with van der Waals surface area (Å²) in [7, 11) is 0. The van der Waals surface area contributed by atoms with Crippen LogP contribution < -0.4 is 11.1 Å². The molecule has 1 aliphatic heterocycles. The lowest BCUT2D eigenvalue weighted by atomic mass is 10.1. The molecule has 2 aromatic carbocycles. The molecular weight excluding hydrogens is 346 g/mol. The van der Waals surface area contributed by atoms with Crippen LogP contribution in [0.5, 0.6) is 0 Å². The second-order valence-electron chi connectivity index (χ2n) is 6.28. The van der Waals surface area contributed by atoms with Crippen molar-refractivity contribution in [1.29, 1.82) is 0 Å². The molecule has 0 aromatic heterocycles. The third-order valence-corrected chi connectivity index (χ3v) is 4.35. The minimum Gasteiger partial charge on any atom is -0.370 e. The quantitative estimate of drug-likeness (QED) is 0.794. The summed E-state index contributed by atoms with van der Waals surface area (Å²) < 4.78 is 5.73. The number of anilines is 1. The van der Waals surface area contributed by atoms with Gasteiger partial charge in [0.15, 0.2) is 0 Å². The number of hydrogen-bond donors (Lipinski definition) is 2. The number of ether oxygens (including phenoxy) is 1. The van der Waals surface area contributed by atoms with E-state index in [2.05, 4.69) is 5.32 Å². The van der Waals surface area contributed by atoms with Crippen molar-refractivity contribution in [3.05, 3.63) is 65.7 Å². The fraction of sp³-hybridized carbons (Fsp3) is 0.250. The maximum atomic E-state index is 12.6. The maximum Gasteiger partial charge on any atom is 0.313 e. The van der Waals surface area contributed by atoms with Crippen LogP contribution in [0.25, 0.3) is 0 Å². The average Bonchev–Trinajstić information content (AvgIpc) is 2.69. The van der Waals surface area contributed by atoms with Gasteiger partial charge in [0, 0.05) is 12.2 Å². The van der Waals surface area contributed by atoms with Crippen molar-refractivity contribution in [2.24, 2.45) is 5.73 Å². The number of nitrogens with zero attached hydrogens (tertiary/aromatic N) is 1. The zero-order chi connectivity index (χ0) is 19.2. The van der Waals surface area contributed by atoms with E-state index in [0.717, 1.165) is 5.56 Å². The van der Waals surface area contributed by atoms with E-state index in [1.54, 1.807) is 24.3 Å². The van der Waals surface area contributed by atoms with Gasteiger partial charge in [0.25, 0.3) is 0 Å². The van der Waals surface area contributed by atoms with Gasteiger partial charge in [-0.1, -0.05) is 48.5 Å². The Bertz CT molecular complexity index is 838. The first-order chi connectivity index (χ1) is 13.0. The molecule has 2 aromatic rings. The average molecular weight is 367 g/mol. The van der Waals surface area contributed by atoms with Crippen LogP contribution in [0, 0.1) is 0 Å². The predicted molar refractivity (Wildman–Crippen MR) is 99.7 cm³/mol. The lowest BCUT2D eigenvalue weighted by Gasteiger charge is -2.32. The molecule has 0 spiro atoms. The zero-order valence-electron chi connectivity index (χ0n) is 14.8. The molecule has 0 bridgehead atoms. The number of amides is 3. The van der Waals surface area contributed by atoms with Gasteiger partial charge < -0.3 is 20.7 Å². The fourth-order valence-corrected chi connectivity index (χ4v) is 3.01. The molecule has 0 radical (unpaired) electrons. The van der Waals surface area contributed by atoms with Crippen molar-refractivity contribution in [2.75, 3.05) is 25.0 Å². The van der Waals surface area contributed by atoms with Gasteiger partial charge >= 0.3 is 11.8 Å². The van der Waals surface area contributed by atoms with Crippen LogP contribution in [0.3, 0.4) is 0 Å². The van der Waals surface area contributed by atoms with Gasteiger partial charge in [0.2, 0.25) is 5.91 Å². The van der Waals surface area contributed by atoms with Gasteiger partial charge in [-0.25, -0.2) is 0 Å². The first-order valence-corrected chi connectivity index (χ1v) is 8.67. The molecule has 27 heavy (non-hydrogen) atoms. The van der Waals surface area contributed by atoms with E-state index < -0.39 is 17.7 Å². The summed E-state index contributed by atoms with van der Waals surface area (Å²) in [5, 5.41) is 2.59. The topological polar surface area (TPSA) is 102 Å². The number of primary amides is 1. The number of carbonyl (C=O) groups is 3. The Morgan fingerprint density at radius 2 is 1.78 bits per heavy atom. The molecule has 1 saturated heterocycles. The Labute approximate surface area is 157 Å². The third-order valence-electron chi connectivity index (χ3n) is 4.35. The summed E-state index contributed by atoms with van der Waals surface area (Å²) in [5.41, 5.74) is 7.16. The fourth-order valence-electron chi connectivity index (χ4n) is 3.01. The number of morpholine rings is 1. The van der Waals surface area contributed by atoms with E-state index in [-0.39, 0.29) is 12.5 Å². The molecule has 3 N–H and O–H groups in total. The number of nitrogens with two attached hydrogens (primary N) is 1. The van der Waals surface area contributed by atoms with Crippen molar-refractivity contribution in [1.82, 2.24) is 4.90 Å². The van der Waals surface area contributed by atoms with Crippen LogP contribution in [0.1, 0.15) is 17.2 Å². The molecule has 0 aliphatic carbocycles.